The van der Waals surface area contributed by atoms with Crippen molar-refractivity contribution in [2.45, 2.75) is 20.8 Å². The number of rotatable bonds is 3. The summed E-state index contributed by atoms with van der Waals surface area (Å²) in [7, 11) is 0. The minimum absolute atomic E-state index is 0.147. The number of aromatic nitrogens is 2. The Kier molecular flexibility index (Phi) is 3.47. The normalized spacial score (nSPS) is 11.7. The second-order valence-electron chi connectivity index (χ2n) is 4.31. The van der Waals surface area contributed by atoms with Gasteiger partial charge in [0.05, 0.1) is 17.3 Å². The van der Waals surface area contributed by atoms with E-state index in [-0.39, 0.29) is 17.6 Å². The van der Waals surface area contributed by atoms with E-state index in [2.05, 4.69) is 20.7 Å². The van der Waals surface area contributed by atoms with Crippen LogP contribution < -0.4 is 11.1 Å². The summed E-state index contributed by atoms with van der Waals surface area (Å²) in [6.07, 6.45) is 1.35. The molecule has 20 heavy (non-hydrogen) atoms. The predicted octanol–water partition coefficient (Wildman–Crippen LogP) is 1.27. The summed E-state index contributed by atoms with van der Waals surface area (Å²) in [6, 6.07) is 0. The lowest BCUT2D eigenvalue weighted by molar-refractivity contribution is 0.102. The summed E-state index contributed by atoms with van der Waals surface area (Å²) in [5.41, 5.74) is 7.02. The lowest BCUT2D eigenvalue weighted by atomic mass is 10.1. The Balaban J connectivity index is 2.31. The highest BCUT2D eigenvalue weighted by atomic mass is 16.4. The molecule has 2 heterocycles. The lowest BCUT2D eigenvalue weighted by Gasteiger charge is -2.05. The molecule has 0 bridgehead atoms. The van der Waals surface area contributed by atoms with Crippen molar-refractivity contribution in [3.8, 4) is 0 Å². The van der Waals surface area contributed by atoms with Crippen molar-refractivity contribution in [2.24, 2.45) is 10.9 Å². The van der Waals surface area contributed by atoms with Gasteiger partial charge in [0.25, 0.3) is 5.91 Å². The van der Waals surface area contributed by atoms with Gasteiger partial charge in [0.15, 0.2) is 5.84 Å². The monoisotopic (exact) mass is 277 g/mol. The van der Waals surface area contributed by atoms with Crippen LogP contribution in [0.2, 0.25) is 0 Å². The number of carbonyl (C=O) groups excluding carboxylic acids is 1. The van der Waals surface area contributed by atoms with Crippen LogP contribution in [-0.4, -0.2) is 27.1 Å². The van der Waals surface area contributed by atoms with Crippen LogP contribution in [0.5, 0.6) is 0 Å². The molecule has 0 aliphatic rings. The lowest BCUT2D eigenvalue weighted by Crippen LogP contribution is -2.19. The molecule has 0 unspecified atom stereocenters. The maximum Gasteiger partial charge on any atom is 0.260 e. The van der Waals surface area contributed by atoms with Gasteiger partial charge in [-0.3, -0.25) is 9.89 Å². The smallest absolute Gasteiger partial charge is 0.260 e. The fourth-order valence-corrected chi connectivity index (χ4v) is 1.93. The number of aromatic amines is 1. The Morgan fingerprint density at radius 3 is 2.70 bits per heavy atom. The number of carbonyl (C=O) groups is 1. The molecule has 8 nitrogen and oxygen atoms in total. The van der Waals surface area contributed by atoms with Gasteiger partial charge in [-0.05, 0) is 20.8 Å². The van der Waals surface area contributed by atoms with Gasteiger partial charge >= 0.3 is 0 Å². The molecule has 0 saturated heterocycles. The van der Waals surface area contributed by atoms with E-state index in [1.807, 2.05) is 0 Å². The molecule has 0 fully saturated rings. The van der Waals surface area contributed by atoms with Gasteiger partial charge in [-0.1, -0.05) is 5.16 Å². The Labute approximate surface area is 114 Å². The van der Waals surface area contributed by atoms with Crippen LogP contribution in [0, 0.1) is 20.8 Å². The average Bonchev–Trinajstić information content (AvgIpc) is 2.94. The average molecular weight is 277 g/mol. The van der Waals surface area contributed by atoms with Crippen LogP contribution in [0.4, 0.5) is 5.82 Å². The van der Waals surface area contributed by atoms with Crippen molar-refractivity contribution in [3.05, 3.63) is 34.4 Å². The molecule has 0 radical (unpaired) electrons. The van der Waals surface area contributed by atoms with Gasteiger partial charge in [-0.2, -0.15) is 5.10 Å². The molecule has 0 aliphatic heterocycles. The van der Waals surface area contributed by atoms with Gasteiger partial charge in [-0.15, -0.1) is 0 Å². The number of amidine groups is 1. The number of H-pyrrole nitrogens is 1. The van der Waals surface area contributed by atoms with Crippen molar-refractivity contribution in [3.63, 3.8) is 0 Å². The molecule has 8 heteroatoms. The number of anilines is 1. The number of aryl methyl sites for hydroxylation is 2. The van der Waals surface area contributed by atoms with E-state index in [1.165, 1.54) is 6.20 Å². The van der Waals surface area contributed by atoms with E-state index < -0.39 is 0 Å². The zero-order valence-corrected chi connectivity index (χ0v) is 11.3. The number of amides is 1. The zero-order valence-electron chi connectivity index (χ0n) is 11.3. The fourth-order valence-electron chi connectivity index (χ4n) is 1.93. The van der Waals surface area contributed by atoms with Gasteiger partial charge in [0.2, 0.25) is 0 Å². The molecule has 5 N–H and O–H groups in total. The topological polar surface area (TPSA) is 130 Å². The number of furan rings is 1. The highest BCUT2D eigenvalue weighted by Gasteiger charge is 2.20. The summed E-state index contributed by atoms with van der Waals surface area (Å²) in [4.78, 5) is 12.3. The SMILES string of the molecule is Cc1oc(C)c(C(=O)Nc2[nH]ncc2C(N)=NO)c1C. The Morgan fingerprint density at radius 1 is 1.45 bits per heavy atom. The Morgan fingerprint density at radius 2 is 2.15 bits per heavy atom. The quantitative estimate of drug-likeness (QED) is 0.290. The zero-order chi connectivity index (χ0) is 14.9. The maximum absolute atomic E-state index is 12.3. The van der Waals surface area contributed by atoms with Crippen LogP contribution in [0.25, 0.3) is 0 Å². The molecular weight excluding hydrogens is 262 g/mol. The first-order valence-corrected chi connectivity index (χ1v) is 5.85. The number of hydrogen-bond acceptors (Lipinski definition) is 5. The van der Waals surface area contributed by atoms with E-state index in [4.69, 9.17) is 15.4 Å². The van der Waals surface area contributed by atoms with Crippen molar-refractivity contribution in [1.82, 2.24) is 10.2 Å². The van der Waals surface area contributed by atoms with Crippen LogP contribution in [0.15, 0.2) is 15.8 Å². The number of nitrogens with one attached hydrogen (secondary N) is 2. The molecule has 2 aromatic rings. The highest BCUT2D eigenvalue weighted by Crippen LogP contribution is 2.22. The van der Waals surface area contributed by atoms with Gasteiger partial charge < -0.3 is 20.7 Å². The standard InChI is InChI=1S/C12H15N5O3/c1-5-6(2)20-7(3)9(5)12(18)15-11-8(4-14-16-11)10(13)17-19/h4,19H,1-3H3,(H2,13,17)(H2,14,15,16,18). The van der Waals surface area contributed by atoms with Crippen molar-refractivity contribution < 1.29 is 14.4 Å². The first kappa shape index (κ1) is 13.7. The van der Waals surface area contributed by atoms with Crippen LogP contribution in [-0.2, 0) is 0 Å². The van der Waals surface area contributed by atoms with E-state index in [9.17, 15) is 4.79 Å². The second-order valence-corrected chi connectivity index (χ2v) is 4.31. The van der Waals surface area contributed by atoms with Crippen molar-refractivity contribution in [2.75, 3.05) is 5.32 Å². The molecule has 0 saturated carbocycles. The Hall–Kier alpha value is -2.77. The van der Waals surface area contributed by atoms with Gasteiger partial charge in [-0.25, -0.2) is 0 Å². The minimum atomic E-state index is -0.354. The van der Waals surface area contributed by atoms with Gasteiger partial charge in [0, 0.05) is 5.56 Å². The summed E-state index contributed by atoms with van der Waals surface area (Å²) in [5, 5.41) is 20.5. The Bertz CT molecular complexity index is 683. The molecule has 0 spiro atoms. The largest absolute Gasteiger partial charge is 0.466 e. The summed E-state index contributed by atoms with van der Waals surface area (Å²) in [5.74, 6) is 0.971. The summed E-state index contributed by atoms with van der Waals surface area (Å²) < 4.78 is 5.41. The molecule has 2 aromatic heterocycles. The van der Waals surface area contributed by atoms with Crippen LogP contribution in [0.3, 0.4) is 0 Å². The van der Waals surface area contributed by atoms with Crippen LogP contribution >= 0.6 is 0 Å². The third-order valence-corrected chi connectivity index (χ3v) is 3.05. The third kappa shape index (κ3) is 2.22. The van der Waals surface area contributed by atoms with E-state index >= 15 is 0 Å². The third-order valence-electron chi connectivity index (χ3n) is 3.05. The second kappa shape index (κ2) is 5.08. The van der Waals surface area contributed by atoms with E-state index in [1.54, 1.807) is 20.8 Å². The summed E-state index contributed by atoms with van der Waals surface area (Å²) >= 11 is 0. The first-order valence-electron chi connectivity index (χ1n) is 5.85. The molecule has 0 aliphatic carbocycles. The number of oxime groups is 1. The van der Waals surface area contributed by atoms with Gasteiger partial charge in [0.1, 0.15) is 17.3 Å². The molecule has 106 valence electrons. The predicted molar refractivity (Wildman–Crippen MR) is 72.0 cm³/mol. The first-order chi connectivity index (χ1) is 9.45. The molecule has 2 rings (SSSR count). The molecule has 1 amide bonds. The van der Waals surface area contributed by atoms with Crippen LogP contribution in [0.1, 0.15) is 33.0 Å². The number of nitrogens with zero attached hydrogens (tertiary/aromatic N) is 2. The number of nitrogens with two attached hydrogens (primary N) is 1. The molecule has 0 aromatic carbocycles. The molecule has 0 atom stereocenters. The van der Waals surface area contributed by atoms with E-state index in [0.29, 0.717) is 22.6 Å². The number of hydrogen-bond donors (Lipinski definition) is 4. The fraction of sp³-hybridized carbons (Fsp3) is 0.250. The van der Waals surface area contributed by atoms with E-state index in [0.717, 1.165) is 5.56 Å². The molecular formula is C12H15N5O3. The highest BCUT2D eigenvalue weighted by molar-refractivity contribution is 6.09. The van der Waals surface area contributed by atoms with Crippen molar-refractivity contribution in [1.29, 1.82) is 0 Å². The minimum Gasteiger partial charge on any atom is -0.466 e. The van der Waals surface area contributed by atoms with Crippen molar-refractivity contribution >= 4 is 17.6 Å². The maximum atomic E-state index is 12.3. The summed E-state index contributed by atoms with van der Waals surface area (Å²) in [6.45, 7) is 5.31.